The molecule has 3 aromatic carbocycles. The molecule has 1 aromatic heterocycles. The van der Waals surface area contributed by atoms with E-state index in [2.05, 4.69) is 15.9 Å². The Bertz CT molecular complexity index is 1490. The molecule has 8 nitrogen and oxygen atoms in total. The molecule has 0 saturated carbocycles. The van der Waals surface area contributed by atoms with Crippen LogP contribution in [0.1, 0.15) is 22.8 Å². The van der Waals surface area contributed by atoms with Crippen molar-refractivity contribution in [2.24, 2.45) is 0 Å². The summed E-state index contributed by atoms with van der Waals surface area (Å²) in [5, 5.41) is 0.287. The van der Waals surface area contributed by atoms with Gasteiger partial charge < -0.3 is 28.1 Å². The summed E-state index contributed by atoms with van der Waals surface area (Å²) in [6.07, 6.45) is 2.00. The Labute approximate surface area is 215 Å². The molecule has 0 spiro atoms. The summed E-state index contributed by atoms with van der Waals surface area (Å²) >= 11 is 3.37. The average Bonchev–Trinajstić information content (AvgIpc) is 2.90. The number of hydrogen-bond acceptors (Lipinski definition) is 8. The predicted octanol–water partition coefficient (Wildman–Crippen LogP) is 6.16. The summed E-state index contributed by atoms with van der Waals surface area (Å²) in [4.78, 5) is 26.0. The maximum Gasteiger partial charge on any atom is 0.344 e. The Kier molecular flexibility index (Phi) is 7.49. The molecule has 36 heavy (non-hydrogen) atoms. The number of fused-ring (bicyclic) bond motifs is 1. The molecule has 0 radical (unpaired) electrons. The Morgan fingerprint density at radius 1 is 0.917 bits per heavy atom. The minimum Gasteiger partial charge on any atom is -0.493 e. The summed E-state index contributed by atoms with van der Waals surface area (Å²) in [5.41, 5.74) is 1.03. The fourth-order valence-corrected chi connectivity index (χ4v) is 4.29. The van der Waals surface area contributed by atoms with Crippen LogP contribution in [0.25, 0.3) is 11.0 Å². The number of esters is 1. The zero-order chi connectivity index (χ0) is 25.8. The van der Waals surface area contributed by atoms with Crippen LogP contribution in [0, 0.1) is 0 Å². The summed E-state index contributed by atoms with van der Waals surface area (Å²) in [7, 11) is 4.36. The monoisotopic (exact) mass is 554 g/mol. The third-order valence-electron chi connectivity index (χ3n) is 5.49. The first-order valence-electron chi connectivity index (χ1n) is 10.9. The number of rotatable bonds is 8. The van der Waals surface area contributed by atoms with E-state index in [9.17, 15) is 9.59 Å². The van der Waals surface area contributed by atoms with Gasteiger partial charge in [-0.05, 0) is 52.2 Å². The molecule has 4 rings (SSSR count). The highest BCUT2D eigenvalue weighted by Crippen LogP contribution is 2.45. The topological polar surface area (TPSA) is 93.4 Å². The molecule has 186 valence electrons. The first-order chi connectivity index (χ1) is 17.4. The van der Waals surface area contributed by atoms with Crippen molar-refractivity contribution in [3.63, 3.8) is 0 Å². The number of hydrogen-bond donors (Lipinski definition) is 0. The molecular weight excluding hydrogens is 532 g/mol. The molecule has 0 bridgehead atoms. The van der Waals surface area contributed by atoms with Gasteiger partial charge in [-0.3, -0.25) is 4.79 Å². The van der Waals surface area contributed by atoms with Crippen LogP contribution < -0.4 is 29.1 Å². The predicted molar refractivity (Wildman–Crippen MR) is 137 cm³/mol. The number of carbonyl (C=O) groups is 1. The van der Waals surface area contributed by atoms with Gasteiger partial charge in [0.1, 0.15) is 23.3 Å². The van der Waals surface area contributed by atoms with Gasteiger partial charge in [0.15, 0.2) is 11.5 Å². The quantitative estimate of drug-likeness (QED) is 0.189. The number of aryl methyl sites for hydroxylation is 1. The van der Waals surface area contributed by atoms with Crippen molar-refractivity contribution in [1.82, 2.24) is 0 Å². The van der Waals surface area contributed by atoms with E-state index in [4.69, 9.17) is 28.1 Å². The van der Waals surface area contributed by atoms with Crippen LogP contribution in [-0.2, 0) is 6.42 Å². The SMILES string of the molecule is CCc1ccccc1Oc1coc2cc(OC(=O)c3cc(OC)c(OC)c(OC)c3Br)ccc2c1=O. The standard InChI is InChI=1S/C27H23BrO8/c1-5-15-8-6-7-9-19(15)36-22-14-34-20-12-16(10-11-17(20)24(22)29)35-27(30)18-13-21(31-2)25(32-3)26(33-4)23(18)28/h6-14H,5H2,1-4H3. The van der Waals surface area contributed by atoms with Crippen LogP contribution in [-0.4, -0.2) is 27.3 Å². The second-order valence-electron chi connectivity index (χ2n) is 7.55. The molecule has 0 fully saturated rings. The van der Waals surface area contributed by atoms with Crippen LogP contribution >= 0.6 is 15.9 Å². The van der Waals surface area contributed by atoms with E-state index in [1.165, 1.54) is 51.9 Å². The van der Waals surface area contributed by atoms with E-state index in [1.54, 1.807) is 6.07 Å². The van der Waals surface area contributed by atoms with Gasteiger partial charge in [0.05, 0.1) is 36.8 Å². The molecule has 0 unspecified atom stereocenters. The number of ether oxygens (including phenoxy) is 5. The van der Waals surface area contributed by atoms with Crippen LogP contribution in [0.3, 0.4) is 0 Å². The van der Waals surface area contributed by atoms with E-state index >= 15 is 0 Å². The Hall–Kier alpha value is -3.98. The number of methoxy groups -OCH3 is 3. The second kappa shape index (κ2) is 10.7. The first-order valence-corrected chi connectivity index (χ1v) is 11.7. The highest BCUT2D eigenvalue weighted by Gasteiger charge is 2.24. The van der Waals surface area contributed by atoms with Crippen molar-refractivity contribution in [3.8, 4) is 34.5 Å². The molecule has 0 atom stereocenters. The second-order valence-corrected chi connectivity index (χ2v) is 8.34. The molecule has 0 saturated heterocycles. The van der Waals surface area contributed by atoms with Gasteiger partial charge in [-0.2, -0.15) is 0 Å². The largest absolute Gasteiger partial charge is 0.493 e. The molecule has 0 aliphatic rings. The molecule has 0 amide bonds. The summed E-state index contributed by atoms with van der Waals surface area (Å²) in [6.45, 7) is 2.00. The Balaban J connectivity index is 1.63. The fraction of sp³-hybridized carbons (Fsp3) is 0.185. The fourth-order valence-electron chi connectivity index (χ4n) is 3.67. The van der Waals surface area contributed by atoms with Gasteiger partial charge >= 0.3 is 5.97 Å². The minimum absolute atomic E-state index is 0.0644. The van der Waals surface area contributed by atoms with Gasteiger partial charge in [-0.15, -0.1) is 0 Å². The van der Waals surface area contributed by atoms with E-state index in [0.717, 1.165) is 12.0 Å². The van der Waals surface area contributed by atoms with E-state index in [1.807, 2.05) is 25.1 Å². The Morgan fingerprint density at radius 2 is 1.67 bits per heavy atom. The Morgan fingerprint density at radius 3 is 2.36 bits per heavy atom. The van der Waals surface area contributed by atoms with Crippen molar-refractivity contribution < 1.29 is 32.9 Å². The summed E-state index contributed by atoms with van der Waals surface area (Å²) < 4.78 is 33.4. The average molecular weight is 555 g/mol. The third-order valence-corrected chi connectivity index (χ3v) is 6.28. The lowest BCUT2D eigenvalue weighted by molar-refractivity contribution is 0.0733. The normalized spacial score (nSPS) is 10.7. The van der Waals surface area contributed by atoms with Gasteiger partial charge in [0, 0.05) is 6.07 Å². The van der Waals surface area contributed by atoms with Crippen molar-refractivity contribution in [2.45, 2.75) is 13.3 Å². The first kappa shape index (κ1) is 25.1. The molecule has 9 heteroatoms. The van der Waals surface area contributed by atoms with Crippen molar-refractivity contribution in [2.75, 3.05) is 21.3 Å². The van der Waals surface area contributed by atoms with Crippen LogP contribution in [0.4, 0.5) is 0 Å². The van der Waals surface area contributed by atoms with Gasteiger partial charge in [0.2, 0.25) is 16.9 Å². The van der Waals surface area contributed by atoms with E-state index in [-0.39, 0.29) is 39.2 Å². The number of halogens is 1. The van der Waals surface area contributed by atoms with Gasteiger partial charge in [0.25, 0.3) is 0 Å². The summed E-state index contributed by atoms with van der Waals surface area (Å²) in [6, 6.07) is 13.5. The molecule has 0 N–H and O–H groups in total. The molecule has 0 aliphatic carbocycles. The van der Waals surface area contributed by atoms with Crippen LogP contribution in [0.15, 0.2) is 68.5 Å². The van der Waals surface area contributed by atoms with E-state index < -0.39 is 5.97 Å². The van der Waals surface area contributed by atoms with E-state index in [0.29, 0.717) is 21.7 Å². The van der Waals surface area contributed by atoms with Crippen molar-refractivity contribution >= 4 is 32.9 Å². The lowest BCUT2D eigenvalue weighted by Gasteiger charge is -2.16. The van der Waals surface area contributed by atoms with Gasteiger partial charge in [-0.1, -0.05) is 25.1 Å². The van der Waals surface area contributed by atoms with Crippen LogP contribution in [0.2, 0.25) is 0 Å². The highest BCUT2D eigenvalue weighted by atomic mass is 79.9. The molecule has 0 aliphatic heterocycles. The zero-order valence-corrected chi connectivity index (χ0v) is 21.6. The number of benzene rings is 3. The number of para-hydroxylation sites is 1. The smallest absolute Gasteiger partial charge is 0.344 e. The minimum atomic E-state index is -0.682. The molecule has 4 aromatic rings. The van der Waals surface area contributed by atoms with Crippen LogP contribution in [0.5, 0.6) is 34.5 Å². The van der Waals surface area contributed by atoms with Crippen molar-refractivity contribution in [3.05, 3.63) is 80.6 Å². The lowest BCUT2D eigenvalue weighted by atomic mass is 10.1. The van der Waals surface area contributed by atoms with Gasteiger partial charge in [-0.25, -0.2) is 4.79 Å². The maximum absolute atomic E-state index is 13.0. The lowest BCUT2D eigenvalue weighted by Crippen LogP contribution is -2.11. The number of carbonyl (C=O) groups excluding carboxylic acids is 1. The van der Waals surface area contributed by atoms with Crippen molar-refractivity contribution in [1.29, 1.82) is 0 Å². The molecular formula is C27H23BrO8. The highest BCUT2D eigenvalue weighted by molar-refractivity contribution is 9.10. The zero-order valence-electron chi connectivity index (χ0n) is 20.0. The third kappa shape index (κ3) is 4.74. The molecule has 1 heterocycles. The summed E-state index contributed by atoms with van der Waals surface area (Å²) in [5.74, 6) is 1.06. The maximum atomic E-state index is 13.0.